The average Bonchev–Trinajstić information content (AvgIpc) is 2.28. The maximum Gasteiger partial charge on any atom is 0.416 e. The molecule has 0 atom stereocenters. The maximum absolute atomic E-state index is 12.4. The fourth-order valence-corrected chi connectivity index (χ4v) is 1.49. The van der Waals surface area contributed by atoms with Gasteiger partial charge >= 0.3 is 6.18 Å². The number of rotatable bonds is 2. The van der Waals surface area contributed by atoms with Gasteiger partial charge in [0.25, 0.3) is 0 Å². The summed E-state index contributed by atoms with van der Waals surface area (Å²) in [5, 5.41) is 0. The number of hydrogen-bond acceptors (Lipinski definition) is 3. The van der Waals surface area contributed by atoms with Crippen molar-refractivity contribution in [2.24, 2.45) is 0 Å². The molecule has 18 heavy (non-hydrogen) atoms. The molecule has 0 unspecified atom stereocenters. The highest BCUT2D eigenvalue weighted by Gasteiger charge is 2.29. The number of hydrogen-bond donors (Lipinski definition) is 1. The molecule has 94 valence electrons. The summed E-state index contributed by atoms with van der Waals surface area (Å²) < 4.78 is 37.1. The Balaban J connectivity index is 2.16. The van der Waals surface area contributed by atoms with E-state index in [2.05, 4.69) is 9.97 Å². The molecule has 0 aliphatic heterocycles. The van der Waals surface area contributed by atoms with Gasteiger partial charge in [0.15, 0.2) is 0 Å². The summed E-state index contributed by atoms with van der Waals surface area (Å²) in [5.41, 5.74) is 5.53. The van der Waals surface area contributed by atoms with Crippen LogP contribution in [0.15, 0.2) is 36.5 Å². The lowest BCUT2D eigenvalue weighted by Gasteiger charge is -2.07. The van der Waals surface area contributed by atoms with Gasteiger partial charge in [0.05, 0.1) is 5.56 Å². The Labute approximate surface area is 101 Å². The van der Waals surface area contributed by atoms with Gasteiger partial charge in [-0.3, -0.25) is 0 Å². The van der Waals surface area contributed by atoms with Crippen LogP contribution in [-0.2, 0) is 12.6 Å². The molecule has 0 aliphatic carbocycles. The molecule has 1 aromatic heterocycles. The van der Waals surface area contributed by atoms with Crippen LogP contribution in [0.25, 0.3) is 0 Å². The van der Waals surface area contributed by atoms with E-state index in [9.17, 15) is 13.2 Å². The Morgan fingerprint density at radius 1 is 1.06 bits per heavy atom. The molecular weight excluding hydrogens is 243 g/mol. The zero-order valence-electron chi connectivity index (χ0n) is 9.28. The van der Waals surface area contributed by atoms with Crippen LogP contribution in [-0.4, -0.2) is 9.97 Å². The van der Waals surface area contributed by atoms with E-state index < -0.39 is 11.7 Å². The molecule has 0 saturated carbocycles. The van der Waals surface area contributed by atoms with Crippen LogP contribution in [0, 0.1) is 0 Å². The summed E-state index contributed by atoms with van der Waals surface area (Å²) in [6.45, 7) is 0. The minimum Gasteiger partial charge on any atom is -0.384 e. The lowest BCUT2D eigenvalue weighted by molar-refractivity contribution is -0.137. The third-order valence-electron chi connectivity index (χ3n) is 2.37. The highest BCUT2D eigenvalue weighted by atomic mass is 19.4. The van der Waals surface area contributed by atoms with Gasteiger partial charge in [-0.1, -0.05) is 12.1 Å². The van der Waals surface area contributed by atoms with Crippen LogP contribution >= 0.6 is 0 Å². The Hall–Kier alpha value is -2.11. The molecule has 0 saturated heterocycles. The van der Waals surface area contributed by atoms with Crippen molar-refractivity contribution in [1.29, 1.82) is 0 Å². The summed E-state index contributed by atoms with van der Waals surface area (Å²) in [7, 11) is 0. The number of anilines is 1. The molecule has 1 aromatic carbocycles. The first-order valence-corrected chi connectivity index (χ1v) is 5.19. The highest BCUT2D eigenvalue weighted by Crippen LogP contribution is 2.29. The molecule has 0 fully saturated rings. The normalized spacial score (nSPS) is 11.5. The van der Waals surface area contributed by atoms with E-state index >= 15 is 0 Å². The van der Waals surface area contributed by atoms with Crippen molar-refractivity contribution < 1.29 is 13.2 Å². The quantitative estimate of drug-likeness (QED) is 0.895. The first-order chi connectivity index (χ1) is 8.45. The van der Waals surface area contributed by atoms with Gasteiger partial charge in [-0.15, -0.1) is 0 Å². The zero-order valence-corrected chi connectivity index (χ0v) is 9.28. The van der Waals surface area contributed by atoms with Crippen LogP contribution in [0.2, 0.25) is 0 Å². The molecule has 0 aliphatic rings. The number of aromatic nitrogens is 2. The molecule has 6 heteroatoms. The average molecular weight is 253 g/mol. The Kier molecular flexibility index (Phi) is 3.18. The Bertz CT molecular complexity index is 535. The van der Waals surface area contributed by atoms with E-state index in [1.807, 2.05) is 0 Å². The number of halogens is 3. The van der Waals surface area contributed by atoms with Gasteiger partial charge in [0.2, 0.25) is 0 Å². The summed E-state index contributed by atoms with van der Waals surface area (Å²) in [6.07, 6.45) is -2.45. The molecule has 2 aromatic rings. The summed E-state index contributed by atoms with van der Waals surface area (Å²) in [5.74, 6) is 0.821. The van der Waals surface area contributed by atoms with Gasteiger partial charge < -0.3 is 5.73 Å². The first kappa shape index (κ1) is 12.3. The smallest absolute Gasteiger partial charge is 0.384 e. The maximum atomic E-state index is 12.4. The van der Waals surface area contributed by atoms with E-state index in [1.165, 1.54) is 18.3 Å². The Morgan fingerprint density at radius 3 is 2.28 bits per heavy atom. The van der Waals surface area contributed by atoms with Gasteiger partial charge in [-0.25, -0.2) is 9.97 Å². The molecule has 2 N–H and O–H groups in total. The molecule has 3 nitrogen and oxygen atoms in total. The van der Waals surface area contributed by atoms with Gasteiger partial charge in [-0.05, 0) is 23.8 Å². The molecule has 0 radical (unpaired) electrons. The topological polar surface area (TPSA) is 51.8 Å². The fourth-order valence-electron chi connectivity index (χ4n) is 1.49. The monoisotopic (exact) mass is 253 g/mol. The largest absolute Gasteiger partial charge is 0.416 e. The van der Waals surface area contributed by atoms with Gasteiger partial charge in [0.1, 0.15) is 11.6 Å². The van der Waals surface area contributed by atoms with E-state index in [1.54, 1.807) is 6.07 Å². The van der Waals surface area contributed by atoms with E-state index in [4.69, 9.17) is 5.73 Å². The van der Waals surface area contributed by atoms with Crippen LogP contribution in [0.3, 0.4) is 0 Å². The van der Waals surface area contributed by atoms with Crippen LogP contribution in [0.1, 0.15) is 17.0 Å². The predicted octanol–water partition coefficient (Wildman–Crippen LogP) is 2.67. The molecule has 0 spiro atoms. The van der Waals surface area contributed by atoms with Crippen molar-refractivity contribution in [1.82, 2.24) is 9.97 Å². The molecule has 0 amide bonds. The number of nitrogens with zero attached hydrogens (tertiary/aromatic N) is 2. The van der Waals surface area contributed by atoms with Crippen LogP contribution in [0.5, 0.6) is 0 Å². The third-order valence-corrected chi connectivity index (χ3v) is 2.37. The standard InChI is InChI=1S/C12H10F3N3/c13-12(14,15)9-3-1-8(2-4-9)7-11-17-6-5-10(16)18-11/h1-6H,7H2,(H2,16,17,18). The van der Waals surface area contributed by atoms with Crippen LogP contribution < -0.4 is 5.73 Å². The minimum absolute atomic E-state index is 0.340. The van der Waals surface area contributed by atoms with Crippen molar-refractivity contribution in [3.8, 4) is 0 Å². The molecular formula is C12H10F3N3. The molecule has 0 bridgehead atoms. The van der Waals surface area contributed by atoms with Crippen molar-refractivity contribution in [3.05, 3.63) is 53.5 Å². The van der Waals surface area contributed by atoms with Crippen LogP contribution in [0.4, 0.5) is 19.0 Å². The Morgan fingerprint density at radius 2 is 1.72 bits per heavy atom. The second-order valence-corrected chi connectivity index (χ2v) is 3.77. The first-order valence-electron chi connectivity index (χ1n) is 5.19. The molecule has 2 rings (SSSR count). The minimum atomic E-state index is -4.31. The lowest BCUT2D eigenvalue weighted by Crippen LogP contribution is -2.05. The molecule has 1 heterocycles. The van der Waals surface area contributed by atoms with Crippen molar-refractivity contribution in [2.45, 2.75) is 12.6 Å². The lowest BCUT2D eigenvalue weighted by atomic mass is 10.1. The number of alkyl halides is 3. The van der Waals surface area contributed by atoms with Crippen molar-refractivity contribution in [2.75, 3.05) is 5.73 Å². The third kappa shape index (κ3) is 2.97. The predicted molar refractivity (Wildman–Crippen MR) is 60.7 cm³/mol. The summed E-state index contributed by atoms with van der Waals surface area (Å²) in [4.78, 5) is 7.98. The zero-order chi connectivity index (χ0) is 13.2. The summed E-state index contributed by atoms with van der Waals surface area (Å²) >= 11 is 0. The highest BCUT2D eigenvalue weighted by molar-refractivity contribution is 5.29. The van der Waals surface area contributed by atoms with E-state index in [-0.39, 0.29) is 0 Å². The number of benzene rings is 1. The number of nitrogen functional groups attached to an aromatic ring is 1. The SMILES string of the molecule is Nc1ccnc(Cc2ccc(C(F)(F)F)cc2)n1. The second-order valence-electron chi connectivity index (χ2n) is 3.77. The summed E-state index contributed by atoms with van der Waals surface area (Å²) in [6, 6.07) is 6.46. The van der Waals surface area contributed by atoms with Gasteiger partial charge in [-0.2, -0.15) is 13.2 Å². The number of nitrogens with two attached hydrogens (primary N) is 1. The van der Waals surface area contributed by atoms with Crippen molar-refractivity contribution >= 4 is 5.82 Å². The van der Waals surface area contributed by atoms with Crippen molar-refractivity contribution in [3.63, 3.8) is 0 Å². The fraction of sp³-hybridized carbons (Fsp3) is 0.167. The second kappa shape index (κ2) is 4.64. The van der Waals surface area contributed by atoms with E-state index in [0.29, 0.717) is 23.6 Å². The van der Waals surface area contributed by atoms with E-state index in [0.717, 1.165) is 12.1 Å². The van der Waals surface area contributed by atoms with Gasteiger partial charge in [0, 0.05) is 12.6 Å².